The van der Waals surface area contributed by atoms with Crippen LogP contribution in [0.15, 0.2) is 60.8 Å². The number of amides is 1. The number of allylic oxidation sites excluding steroid dienone is 10. The van der Waals surface area contributed by atoms with Crippen LogP contribution in [0.4, 0.5) is 0 Å². The van der Waals surface area contributed by atoms with Crippen molar-refractivity contribution in [2.45, 2.75) is 257 Å². The number of aliphatic hydroxyl groups is 2. The molecular weight excluding hydrogens is 731 g/mol. The van der Waals surface area contributed by atoms with Crippen LogP contribution >= 0.6 is 0 Å². The minimum Gasteiger partial charge on any atom is -0.462 e. The molecule has 0 fully saturated rings. The SMILES string of the molecule is CCC/C=C/C=C/C=C/C=C/C=C/CCCCCCCC(=O)OC(CCCCCCCCCC)CC(=O)NC(CO)C(O)CCCCCCCCCCCCCCCC. The molecule has 6 nitrogen and oxygen atoms in total. The Morgan fingerprint density at radius 2 is 0.898 bits per heavy atom. The molecule has 0 saturated heterocycles. The van der Waals surface area contributed by atoms with Gasteiger partial charge < -0.3 is 20.3 Å². The molecule has 0 aliphatic rings. The number of hydrogen-bond acceptors (Lipinski definition) is 5. The van der Waals surface area contributed by atoms with Crippen molar-refractivity contribution in [3.05, 3.63) is 60.8 Å². The molecule has 0 aromatic carbocycles. The number of ether oxygens (including phenoxy) is 1. The Balaban J connectivity index is 4.48. The summed E-state index contributed by atoms with van der Waals surface area (Å²) < 4.78 is 5.89. The minimum absolute atomic E-state index is 0.0665. The lowest BCUT2D eigenvalue weighted by atomic mass is 10.0. The summed E-state index contributed by atoms with van der Waals surface area (Å²) >= 11 is 0. The van der Waals surface area contributed by atoms with Gasteiger partial charge in [-0.25, -0.2) is 0 Å². The van der Waals surface area contributed by atoms with E-state index in [1.54, 1.807) is 0 Å². The van der Waals surface area contributed by atoms with Crippen molar-refractivity contribution in [2.24, 2.45) is 0 Å². The number of hydrogen-bond donors (Lipinski definition) is 3. The van der Waals surface area contributed by atoms with Crippen LogP contribution in [-0.4, -0.2) is 46.9 Å². The van der Waals surface area contributed by atoms with Crippen LogP contribution < -0.4 is 5.32 Å². The molecule has 1 amide bonds. The molecule has 0 radical (unpaired) electrons. The summed E-state index contributed by atoms with van der Waals surface area (Å²) in [6.45, 7) is 6.37. The summed E-state index contributed by atoms with van der Waals surface area (Å²) in [5.41, 5.74) is 0. The standard InChI is InChI=1S/C53H95NO5/c1-4-7-10-13-16-19-21-23-25-26-27-28-30-32-34-37-40-43-46-53(58)59-49(44-41-38-35-18-15-12-9-6-3)47-52(57)54-50(48-55)51(56)45-42-39-36-33-31-29-24-22-20-17-14-11-8-5-2/h10,13,16,19,21,23,25-28,49-51,55-56H,4-9,11-12,14-15,17-18,20,22,24,29-48H2,1-3H3,(H,54,57)/b13-10+,19-16+,23-21+,26-25+,28-27+. The fourth-order valence-corrected chi connectivity index (χ4v) is 7.40. The van der Waals surface area contributed by atoms with E-state index in [0.717, 1.165) is 83.5 Å². The topological polar surface area (TPSA) is 95.9 Å². The summed E-state index contributed by atoms with van der Waals surface area (Å²) in [6.07, 6.45) is 57.1. The molecule has 3 unspecified atom stereocenters. The summed E-state index contributed by atoms with van der Waals surface area (Å²) in [5.74, 6) is -0.503. The predicted octanol–water partition coefficient (Wildman–Crippen LogP) is 14.8. The van der Waals surface area contributed by atoms with Crippen molar-refractivity contribution < 1.29 is 24.5 Å². The molecule has 0 spiro atoms. The molecule has 0 saturated carbocycles. The Hall–Kier alpha value is -2.44. The second-order valence-electron chi connectivity index (χ2n) is 17.0. The third-order valence-electron chi connectivity index (χ3n) is 11.2. The van der Waals surface area contributed by atoms with E-state index in [1.165, 1.54) is 109 Å². The van der Waals surface area contributed by atoms with Crippen LogP contribution in [-0.2, 0) is 14.3 Å². The fraction of sp³-hybridized carbons (Fsp3) is 0.774. The maximum absolute atomic E-state index is 13.1. The van der Waals surface area contributed by atoms with Crippen LogP contribution in [0, 0.1) is 0 Å². The zero-order chi connectivity index (χ0) is 43.1. The van der Waals surface area contributed by atoms with Gasteiger partial charge in [0.25, 0.3) is 0 Å². The summed E-state index contributed by atoms with van der Waals surface area (Å²) in [6, 6.07) is -0.705. The predicted molar refractivity (Wildman–Crippen MR) is 255 cm³/mol. The van der Waals surface area contributed by atoms with E-state index in [1.807, 2.05) is 24.3 Å². The quantitative estimate of drug-likeness (QED) is 0.0323. The van der Waals surface area contributed by atoms with Crippen molar-refractivity contribution >= 4 is 11.9 Å². The number of carbonyl (C=O) groups is 2. The smallest absolute Gasteiger partial charge is 0.306 e. The highest BCUT2D eigenvalue weighted by Crippen LogP contribution is 2.18. The minimum atomic E-state index is -0.791. The highest BCUT2D eigenvalue weighted by molar-refractivity contribution is 5.77. The molecule has 3 N–H and O–H groups in total. The van der Waals surface area contributed by atoms with Gasteiger partial charge in [-0.2, -0.15) is 0 Å². The number of esters is 1. The Labute approximate surface area is 365 Å². The van der Waals surface area contributed by atoms with E-state index in [9.17, 15) is 19.8 Å². The summed E-state index contributed by atoms with van der Waals surface area (Å²) in [5, 5.41) is 23.7. The van der Waals surface area contributed by atoms with Crippen LogP contribution in [0.1, 0.15) is 239 Å². The molecular formula is C53H95NO5. The normalized spacial score (nSPS) is 13.8. The van der Waals surface area contributed by atoms with Gasteiger partial charge in [-0.05, 0) is 44.9 Å². The number of nitrogens with one attached hydrogen (secondary N) is 1. The molecule has 0 aliphatic heterocycles. The van der Waals surface area contributed by atoms with E-state index in [2.05, 4.69) is 62.5 Å². The molecule has 0 aliphatic carbocycles. The third kappa shape index (κ3) is 42.1. The van der Waals surface area contributed by atoms with Gasteiger partial charge in [0.2, 0.25) is 5.91 Å². The van der Waals surface area contributed by atoms with E-state index in [-0.39, 0.29) is 24.9 Å². The van der Waals surface area contributed by atoms with Gasteiger partial charge in [-0.3, -0.25) is 9.59 Å². The van der Waals surface area contributed by atoms with Gasteiger partial charge in [0, 0.05) is 6.42 Å². The molecule has 0 aromatic rings. The first-order valence-electron chi connectivity index (χ1n) is 25.1. The van der Waals surface area contributed by atoms with Gasteiger partial charge in [-0.1, -0.05) is 242 Å². The highest BCUT2D eigenvalue weighted by atomic mass is 16.5. The number of rotatable bonds is 44. The monoisotopic (exact) mass is 826 g/mol. The Morgan fingerprint density at radius 3 is 1.37 bits per heavy atom. The number of carbonyl (C=O) groups excluding carboxylic acids is 2. The Morgan fingerprint density at radius 1 is 0.492 bits per heavy atom. The van der Waals surface area contributed by atoms with Crippen LogP contribution in [0.3, 0.4) is 0 Å². The molecule has 3 atom stereocenters. The highest BCUT2D eigenvalue weighted by Gasteiger charge is 2.24. The van der Waals surface area contributed by atoms with Gasteiger partial charge in [0.1, 0.15) is 6.10 Å². The zero-order valence-corrected chi connectivity index (χ0v) is 38.9. The maximum atomic E-state index is 13.1. The van der Waals surface area contributed by atoms with Crippen molar-refractivity contribution in [3.8, 4) is 0 Å². The van der Waals surface area contributed by atoms with Gasteiger partial charge in [0.15, 0.2) is 0 Å². The molecule has 342 valence electrons. The van der Waals surface area contributed by atoms with Gasteiger partial charge >= 0.3 is 5.97 Å². The van der Waals surface area contributed by atoms with Gasteiger partial charge in [0.05, 0.1) is 25.2 Å². The first kappa shape index (κ1) is 56.6. The fourth-order valence-electron chi connectivity index (χ4n) is 7.40. The molecule has 59 heavy (non-hydrogen) atoms. The molecule has 6 heteroatoms. The Bertz CT molecular complexity index is 1060. The van der Waals surface area contributed by atoms with E-state index >= 15 is 0 Å². The lowest BCUT2D eigenvalue weighted by Crippen LogP contribution is -2.46. The van der Waals surface area contributed by atoms with Gasteiger partial charge in [-0.15, -0.1) is 0 Å². The van der Waals surface area contributed by atoms with E-state index in [0.29, 0.717) is 19.3 Å². The van der Waals surface area contributed by atoms with Crippen LogP contribution in [0.25, 0.3) is 0 Å². The third-order valence-corrected chi connectivity index (χ3v) is 11.2. The first-order valence-corrected chi connectivity index (χ1v) is 25.1. The van der Waals surface area contributed by atoms with Crippen molar-refractivity contribution in [1.29, 1.82) is 0 Å². The molecule has 0 bridgehead atoms. The van der Waals surface area contributed by atoms with E-state index < -0.39 is 18.2 Å². The maximum Gasteiger partial charge on any atom is 0.306 e. The summed E-state index contributed by atoms with van der Waals surface area (Å²) in [7, 11) is 0. The lowest BCUT2D eigenvalue weighted by Gasteiger charge is -2.24. The Kier molecular flexibility index (Phi) is 44.7. The molecule has 0 aromatic heterocycles. The number of unbranched alkanes of at least 4 members (excludes halogenated alkanes) is 26. The van der Waals surface area contributed by atoms with E-state index in [4.69, 9.17) is 4.74 Å². The van der Waals surface area contributed by atoms with Crippen molar-refractivity contribution in [2.75, 3.05) is 6.61 Å². The average Bonchev–Trinajstić information content (AvgIpc) is 3.23. The van der Waals surface area contributed by atoms with Crippen LogP contribution in [0.2, 0.25) is 0 Å². The lowest BCUT2D eigenvalue weighted by molar-refractivity contribution is -0.151. The second-order valence-corrected chi connectivity index (χ2v) is 17.0. The van der Waals surface area contributed by atoms with Crippen LogP contribution in [0.5, 0.6) is 0 Å². The molecule has 0 rings (SSSR count). The number of aliphatic hydroxyl groups excluding tert-OH is 2. The van der Waals surface area contributed by atoms with Crippen molar-refractivity contribution in [1.82, 2.24) is 5.32 Å². The summed E-state index contributed by atoms with van der Waals surface area (Å²) in [4.78, 5) is 26.0. The largest absolute Gasteiger partial charge is 0.462 e. The molecule has 0 heterocycles. The van der Waals surface area contributed by atoms with Crippen molar-refractivity contribution in [3.63, 3.8) is 0 Å². The second kappa shape index (κ2) is 46.6. The zero-order valence-electron chi connectivity index (χ0n) is 38.9. The first-order chi connectivity index (χ1) is 29.0. The average molecular weight is 826 g/mol.